The fourth-order valence-electron chi connectivity index (χ4n) is 2.23. The molecule has 0 fully saturated rings. The van der Waals surface area contributed by atoms with Crippen molar-refractivity contribution in [3.63, 3.8) is 0 Å². The molecule has 0 unspecified atom stereocenters. The Balaban J connectivity index is 0.00000204. The van der Waals surface area contributed by atoms with Crippen molar-refractivity contribution in [3.8, 4) is 0 Å². The second kappa shape index (κ2) is 12.8. The minimum Gasteiger partial charge on any atom is -0.387 e. The summed E-state index contributed by atoms with van der Waals surface area (Å²) < 4.78 is 37.9. The molecule has 0 aromatic heterocycles. The summed E-state index contributed by atoms with van der Waals surface area (Å²) >= 11 is 1.52. The Morgan fingerprint density at radius 1 is 1.10 bits per heavy atom. The first-order chi connectivity index (χ1) is 13.9. The number of alkyl halides is 3. The second-order valence-electron chi connectivity index (χ2n) is 5.55. The Morgan fingerprint density at radius 2 is 1.79 bits per heavy atom. The minimum absolute atomic E-state index is 0.490. The van der Waals surface area contributed by atoms with Crippen molar-refractivity contribution in [3.05, 3.63) is 70.6 Å². The first-order valence-electron chi connectivity index (χ1n) is 9.14. The summed E-state index contributed by atoms with van der Waals surface area (Å²) in [7, 11) is 1.86. The summed E-state index contributed by atoms with van der Waals surface area (Å²) in [5.74, 6) is 0.499. The lowest BCUT2D eigenvalue weighted by molar-refractivity contribution is -0.137. The van der Waals surface area contributed by atoms with E-state index in [2.05, 4.69) is 21.2 Å². The maximum atomic E-state index is 12.6. The molecule has 3 N–H and O–H groups in total. The van der Waals surface area contributed by atoms with Gasteiger partial charge < -0.3 is 5.32 Å². The van der Waals surface area contributed by atoms with Crippen LogP contribution in [0.5, 0.6) is 0 Å². The van der Waals surface area contributed by atoms with Crippen LogP contribution in [0.25, 0.3) is 5.70 Å². The highest BCUT2D eigenvalue weighted by Crippen LogP contribution is 2.31. The number of hydrogen-bond acceptors (Lipinski definition) is 4. The van der Waals surface area contributed by atoms with Gasteiger partial charge in [0.25, 0.3) is 0 Å². The molecule has 0 saturated carbocycles. The Labute approximate surface area is 174 Å². The number of hydrazine groups is 1. The first kappa shape index (κ1) is 24.4. The standard InChI is InChI=1S/C19H21F3N4S.C2H6/c1-14-10-16(19(20,21)22)8-9-17(14)26-25-12-24-13-27-11-18(23-2)15-6-4-3-5-7-15;1-2/h3-12,23,26H,13H2,1-2H3,(H,24,25);1-2H3/b18-11-;. The summed E-state index contributed by atoms with van der Waals surface area (Å²) in [4.78, 5) is 4.18. The number of aryl methyl sites for hydroxylation is 1. The number of thioether (sulfide) groups is 1. The molecule has 0 saturated heterocycles. The van der Waals surface area contributed by atoms with Crippen LogP contribution >= 0.6 is 11.8 Å². The van der Waals surface area contributed by atoms with Crippen molar-refractivity contribution >= 4 is 29.5 Å². The molecular weight excluding hydrogens is 397 g/mol. The van der Waals surface area contributed by atoms with E-state index in [1.54, 1.807) is 6.92 Å². The maximum Gasteiger partial charge on any atom is 0.416 e. The van der Waals surface area contributed by atoms with Crippen molar-refractivity contribution < 1.29 is 13.2 Å². The summed E-state index contributed by atoms with van der Waals surface area (Å²) in [6.07, 6.45) is -2.87. The van der Waals surface area contributed by atoms with E-state index in [1.165, 1.54) is 24.2 Å². The lowest BCUT2D eigenvalue weighted by Gasteiger charge is -2.12. The third kappa shape index (κ3) is 8.51. The molecule has 0 atom stereocenters. The van der Waals surface area contributed by atoms with Gasteiger partial charge in [0.2, 0.25) is 0 Å². The Bertz CT molecular complexity index is 790. The third-order valence-electron chi connectivity index (χ3n) is 3.62. The molecule has 0 amide bonds. The highest BCUT2D eigenvalue weighted by molar-refractivity contribution is 8.02. The Kier molecular flexibility index (Phi) is 10.8. The second-order valence-corrected chi connectivity index (χ2v) is 6.38. The van der Waals surface area contributed by atoms with Gasteiger partial charge in [-0.1, -0.05) is 44.2 Å². The number of benzene rings is 2. The molecular formula is C21H27F3N4S. The summed E-state index contributed by atoms with van der Waals surface area (Å²) in [6, 6.07) is 13.5. The smallest absolute Gasteiger partial charge is 0.387 e. The van der Waals surface area contributed by atoms with Gasteiger partial charge in [-0.25, -0.2) is 0 Å². The molecule has 158 valence electrons. The molecule has 0 spiro atoms. The fourth-order valence-corrected chi connectivity index (χ4v) is 2.88. The van der Waals surface area contributed by atoms with Gasteiger partial charge in [-0.3, -0.25) is 15.8 Å². The van der Waals surface area contributed by atoms with E-state index in [4.69, 9.17) is 0 Å². The fraction of sp³-hybridized carbons (Fsp3) is 0.286. The molecule has 0 bridgehead atoms. The number of aliphatic imine (C=N–C) groups is 1. The largest absolute Gasteiger partial charge is 0.416 e. The topological polar surface area (TPSA) is 48.5 Å². The van der Waals surface area contributed by atoms with Crippen LogP contribution in [0.15, 0.2) is 58.9 Å². The molecule has 8 heteroatoms. The Hall–Kier alpha value is -2.61. The van der Waals surface area contributed by atoms with Crippen molar-refractivity contribution in [2.75, 3.05) is 18.4 Å². The lowest BCUT2D eigenvalue weighted by Crippen LogP contribution is -2.20. The van der Waals surface area contributed by atoms with E-state index in [0.29, 0.717) is 17.1 Å². The van der Waals surface area contributed by atoms with E-state index in [9.17, 15) is 13.2 Å². The van der Waals surface area contributed by atoms with Gasteiger partial charge in [-0.2, -0.15) is 13.2 Å². The molecule has 0 heterocycles. The zero-order valence-electron chi connectivity index (χ0n) is 17.0. The molecule has 0 radical (unpaired) electrons. The van der Waals surface area contributed by atoms with Gasteiger partial charge >= 0.3 is 6.18 Å². The maximum absolute atomic E-state index is 12.6. The number of anilines is 1. The van der Waals surface area contributed by atoms with Crippen LogP contribution < -0.4 is 16.2 Å². The molecule has 0 aliphatic rings. The van der Waals surface area contributed by atoms with Crippen LogP contribution in [-0.2, 0) is 6.18 Å². The quantitative estimate of drug-likeness (QED) is 0.214. The van der Waals surface area contributed by atoms with Crippen LogP contribution in [0.3, 0.4) is 0 Å². The highest BCUT2D eigenvalue weighted by atomic mass is 32.2. The molecule has 2 rings (SSSR count). The zero-order valence-corrected chi connectivity index (χ0v) is 17.8. The van der Waals surface area contributed by atoms with Gasteiger partial charge in [-0.15, -0.1) is 11.8 Å². The number of nitrogens with one attached hydrogen (secondary N) is 3. The number of hydrogen-bond donors (Lipinski definition) is 3. The van der Waals surface area contributed by atoms with Crippen LogP contribution in [0.2, 0.25) is 0 Å². The van der Waals surface area contributed by atoms with Crippen LogP contribution in [-0.4, -0.2) is 19.3 Å². The minimum atomic E-state index is -4.34. The summed E-state index contributed by atoms with van der Waals surface area (Å²) in [5, 5.41) is 5.13. The normalized spacial score (nSPS) is 11.6. The van der Waals surface area contributed by atoms with E-state index in [0.717, 1.165) is 23.4 Å². The molecule has 0 aliphatic heterocycles. The third-order valence-corrected chi connectivity index (χ3v) is 4.32. The van der Waals surface area contributed by atoms with Crippen molar-refractivity contribution in [2.24, 2.45) is 4.99 Å². The van der Waals surface area contributed by atoms with Crippen molar-refractivity contribution in [2.45, 2.75) is 26.9 Å². The molecule has 2 aromatic rings. The van der Waals surface area contributed by atoms with Crippen molar-refractivity contribution in [1.82, 2.24) is 10.7 Å². The molecule has 4 nitrogen and oxygen atoms in total. The number of rotatable bonds is 8. The summed E-state index contributed by atoms with van der Waals surface area (Å²) in [6.45, 7) is 5.61. The first-order valence-corrected chi connectivity index (χ1v) is 10.2. The van der Waals surface area contributed by atoms with E-state index in [1.807, 2.05) is 56.6 Å². The van der Waals surface area contributed by atoms with Gasteiger partial charge in [0, 0.05) is 12.7 Å². The molecule has 2 aromatic carbocycles. The van der Waals surface area contributed by atoms with Gasteiger partial charge in [0.1, 0.15) is 6.34 Å². The van der Waals surface area contributed by atoms with Crippen molar-refractivity contribution in [1.29, 1.82) is 0 Å². The van der Waals surface area contributed by atoms with E-state index < -0.39 is 11.7 Å². The predicted octanol–water partition coefficient (Wildman–Crippen LogP) is 5.89. The number of halogens is 3. The average Bonchev–Trinajstić information content (AvgIpc) is 2.72. The zero-order chi connectivity index (χ0) is 21.7. The molecule has 0 aliphatic carbocycles. The van der Waals surface area contributed by atoms with Crippen LogP contribution in [0.4, 0.5) is 18.9 Å². The van der Waals surface area contributed by atoms with Gasteiger partial charge in [-0.05, 0) is 41.7 Å². The van der Waals surface area contributed by atoms with E-state index in [-0.39, 0.29) is 0 Å². The van der Waals surface area contributed by atoms with Crippen LogP contribution in [0.1, 0.15) is 30.5 Å². The number of nitrogens with zero attached hydrogens (tertiary/aromatic N) is 1. The lowest BCUT2D eigenvalue weighted by atomic mass is 10.1. The highest BCUT2D eigenvalue weighted by Gasteiger charge is 2.30. The monoisotopic (exact) mass is 424 g/mol. The average molecular weight is 425 g/mol. The SMILES string of the molecule is CC.CN/C(=C\SC/N=C/NNc1ccc(C(F)(F)F)cc1C)c1ccccc1. The summed E-state index contributed by atoms with van der Waals surface area (Å²) in [5.41, 5.74) is 8.06. The van der Waals surface area contributed by atoms with Gasteiger partial charge in [0.15, 0.2) is 0 Å². The molecule has 29 heavy (non-hydrogen) atoms. The van der Waals surface area contributed by atoms with Crippen LogP contribution in [0, 0.1) is 6.92 Å². The van der Waals surface area contributed by atoms with Gasteiger partial charge in [0.05, 0.1) is 17.1 Å². The van der Waals surface area contributed by atoms with E-state index >= 15 is 0 Å². The predicted molar refractivity (Wildman–Crippen MR) is 119 cm³/mol. The Morgan fingerprint density at radius 3 is 2.38 bits per heavy atom.